The van der Waals surface area contributed by atoms with Gasteiger partial charge in [-0.05, 0) is 29.4 Å². The van der Waals surface area contributed by atoms with Gasteiger partial charge in [0.25, 0.3) is 5.91 Å². The first-order valence-electron chi connectivity index (χ1n) is 10.7. The maximum atomic E-state index is 12.4. The van der Waals surface area contributed by atoms with Crippen molar-refractivity contribution < 1.29 is 70.2 Å². The summed E-state index contributed by atoms with van der Waals surface area (Å²) >= 11 is 0. The van der Waals surface area contributed by atoms with Crippen molar-refractivity contribution in [1.82, 2.24) is 15.1 Å². The summed E-state index contributed by atoms with van der Waals surface area (Å²) in [7, 11) is 3.02. The van der Waals surface area contributed by atoms with E-state index in [1.165, 1.54) is 14.2 Å². The molecule has 2 aromatic heterocycles. The topological polar surface area (TPSA) is 111 Å². The van der Waals surface area contributed by atoms with E-state index in [4.69, 9.17) is 14.0 Å². The van der Waals surface area contributed by atoms with Gasteiger partial charge in [-0.1, -0.05) is 32.5 Å². The van der Waals surface area contributed by atoms with Crippen LogP contribution in [0.1, 0.15) is 36.9 Å². The predicted octanol–water partition coefficient (Wildman–Crippen LogP) is 2.07. The SMILES string of the molecule is CC(C)(C)c1c[c-]no1.COc1cc(OC)nc(Nc2cccc(C(=O)Nc3cc[c-]cc3)c2)n1.[K+]. The third-order valence-corrected chi connectivity index (χ3v) is 4.59. The molecule has 0 aliphatic heterocycles. The first-order valence-corrected chi connectivity index (χ1v) is 10.7. The van der Waals surface area contributed by atoms with Crippen molar-refractivity contribution in [3.8, 4) is 11.8 Å². The molecule has 0 aliphatic rings. The molecular weight excluding hydrogens is 485 g/mol. The second-order valence-electron chi connectivity index (χ2n) is 8.30. The molecule has 4 aromatic rings. The largest absolute Gasteiger partial charge is 1.00 e. The smallest absolute Gasteiger partial charge is 0.481 e. The van der Waals surface area contributed by atoms with Crippen molar-refractivity contribution in [2.45, 2.75) is 26.2 Å². The van der Waals surface area contributed by atoms with Crippen molar-refractivity contribution in [2.24, 2.45) is 0 Å². The zero-order valence-electron chi connectivity index (χ0n) is 21.2. The van der Waals surface area contributed by atoms with Crippen LogP contribution >= 0.6 is 0 Å². The molecule has 0 saturated carbocycles. The van der Waals surface area contributed by atoms with Gasteiger partial charge in [-0.25, -0.2) is 5.16 Å². The maximum Gasteiger partial charge on any atom is 1.00 e. The Kier molecular flexibility index (Phi) is 11.5. The van der Waals surface area contributed by atoms with Crippen LogP contribution in [-0.2, 0) is 5.41 Å². The van der Waals surface area contributed by atoms with Gasteiger partial charge in [0.1, 0.15) is 0 Å². The number of anilines is 3. The average Bonchev–Trinajstić information content (AvgIpc) is 3.41. The van der Waals surface area contributed by atoms with Crippen molar-refractivity contribution in [3.05, 3.63) is 84.3 Å². The molecule has 1 amide bonds. The number of rotatable bonds is 6. The van der Waals surface area contributed by atoms with E-state index in [2.05, 4.69) is 58.8 Å². The second-order valence-corrected chi connectivity index (χ2v) is 8.30. The van der Waals surface area contributed by atoms with Gasteiger partial charge in [0.15, 0.2) is 0 Å². The quantitative estimate of drug-likeness (QED) is 0.298. The number of ether oxygens (including phenoxy) is 2. The van der Waals surface area contributed by atoms with Crippen LogP contribution in [0.25, 0.3) is 0 Å². The first-order chi connectivity index (χ1) is 16.8. The number of methoxy groups -OCH3 is 2. The summed E-state index contributed by atoms with van der Waals surface area (Å²) in [5.41, 5.74) is 1.92. The Morgan fingerprint density at radius 3 is 2.17 bits per heavy atom. The molecule has 2 N–H and O–H groups in total. The van der Waals surface area contributed by atoms with Crippen molar-refractivity contribution in [1.29, 1.82) is 0 Å². The summed E-state index contributed by atoms with van der Waals surface area (Å²) in [4.78, 5) is 20.8. The monoisotopic (exact) mass is 512 g/mol. The fourth-order valence-corrected chi connectivity index (χ4v) is 2.75. The molecule has 182 valence electrons. The average molecular weight is 513 g/mol. The van der Waals surface area contributed by atoms with Crippen molar-refractivity contribution in [2.75, 3.05) is 24.9 Å². The van der Waals surface area contributed by atoms with Gasteiger partial charge in [0, 0.05) is 11.3 Å². The molecule has 0 spiro atoms. The number of carbonyl (C=O) groups excluding carboxylic acids is 1. The molecule has 2 heterocycles. The van der Waals surface area contributed by atoms with E-state index < -0.39 is 0 Å². The summed E-state index contributed by atoms with van der Waals surface area (Å²) in [5, 5.41) is 9.36. The van der Waals surface area contributed by atoms with Crippen molar-refractivity contribution >= 4 is 23.2 Å². The summed E-state index contributed by atoms with van der Waals surface area (Å²) in [5.74, 6) is 1.70. The van der Waals surface area contributed by atoms with Crippen LogP contribution in [-0.4, -0.2) is 35.3 Å². The van der Waals surface area contributed by atoms with Crippen LogP contribution in [0.5, 0.6) is 11.8 Å². The number of nitrogens with zero attached hydrogens (tertiary/aromatic N) is 3. The number of hydrogen-bond donors (Lipinski definition) is 2. The first kappa shape index (κ1) is 29.5. The molecule has 4 rings (SSSR count). The Balaban J connectivity index is 0.000000386. The Hall–Kier alpha value is -2.76. The summed E-state index contributed by atoms with van der Waals surface area (Å²) in [6, 6.07) is 20.3. The minimum atomic E-state index is -0.219. The number of carbonyl (C=O) groups is 1. The van der Waals surface area contributed by atoms with Gasteiger partial charge in [0.05, 0.1) is 20.3 Å². The van der Waals surface area contributed by atoms with Gasteiger partial charge < -0.3 is 24.6 Å². The molecule has 9 nitrogen and oxygen atoms in total. The number of hydrogen-bond acceptors (Lipinski definition) is 8. The van der Waals surface area contributed by atoms with E-state index >= 15 is 0 Å². The second kappa shape index (κ2) is 14.1. The predicted molar refractivity (Wildman–Crippen MR) is 132 cm³/mol. The Bertz CT molecular complexity index is 1210. The van der Waals surface area contributed by atoms with Gasteiger partial charge >= 0.3 is 51.4 Å². The molecule has 0 bridgehead atoms. The van der Waals surface area contributed by atoms with E-state index in [0.29, 0.717) is 34.6 Å². The Morgan fingerprint density at radius 1 is 0.972 bits per heavy atom. The molecular formula is C26H27KN5O4-. The van der Waals surface area contributed by atoms with E-state index in [-0.39, 0.29) is 62.7 Å². The number of aromatic nitrogens is 3. The zero-order valence-corrected chi connectivity index (χ0v) is 24.4. The minimum Gasteiger partial charge on any atom is -0.481 e. The normalized spacial score (nSPS) is 10.2. The molecule has 0 fully saturated rings. The summed E-state index contributed by atoms with van der Waals surface area (Å²) < 4.78 is 15.1. The van der Waals surface area contributed by atoms with Gasteiger partial charge in [-0.3, -0.25) is 4.79 Å². The van der Waals surface area contributed by atoms with Crippen LogP contribution in [0.3, 0.4) is 0 Å². The van der Waals surface area contributed by atoms with Gasteiger partial charge in [-0.2, -0.15) is 34.2 Å². The third kappa shape index (κ3) is 9.03. The van der Waals surface area contributed by atoms with Crippen LogP contribution in [0.15, 0.2) is 65.2 Å². The molecule has 36 heavy (non-hydrogen) atoms. The zero-order chi connectivity index (χ0) is 25.3. The molecule has 2 aromatic carbocycles. The molecule has 0 unspecified atom stereocenters. The van der Waals surface area contributed by atoms with Gasteiger partial charge in [0.2, 0.25) is 17.7 Å². The van der Waals surface area contributed by atoms with E-state index in [0.717, 1.165) is 5.76 Å². The van der Waals surface area contributed by atoms with Crippen LogP contribution in [0.2, 0.25) is 0 Å². The van der Waals surface area contributed by atoms with E-state index in [1.807, 2.05) is 6.07 Å². The Labute approximate surface area is 253 Å². The Morgan fingerprint density at radius 2 is 1.64 bits per heavy atom. The number of amides is 1. The number of nitrogens with one attached hydrogen (secondary N) is 2. The van der Waals surface area contributed by atoms with Crippen LogP contribution < -0.4 is 71.5 Å². The van der Waals surface area contributed by atoms with Crippen LogP contribution in [0, 0.1) is 12.3 Å². The standard InChI is InChI=1S/C19H17N4O3.C7H10NO.K/c1-25-16-12-17(26-2)23-19(22-16)21-15-10-6-7-13(11-15)18(24)20-14-8-4-3-5-9-14;1-7(2,3)6-4-5-8-9-6;/h4-12H,1-2H3,(H,20,24)(H,21,22,23);4H,1-3H3;/q2*-1;+1. The molecule has 0 radical (unpaired) electrons. The summed E-state index contributed by atoms with van der Waals surface area (Å²) in [6.45, 7) is 6.21. The van der Waals surface area contributed by atoms with E-state index in [1.54, 1.807) is 54.6 Å². The third-order valence-electron chi connectivity index (χ3n) is 4.59. The van der Waals surface area contributed by atoms with Gasteiger partial charge in [-0.15, -0.1) is 18.3 Å². The maximum absolute atomic E-state index is 12.4. The fraction of sp³-hybridized carbons (Fsp3) is 0.231. The van der Waals surface area contributed by atoms with Crippen LogP contribution in [0.4, 0.5) is 17.3 Å². The molecule has 10 heteroatoms. The van der Waals surface area contributed by atoms with E-state index in [9.17, 15) is 4.79 Å². The fourth-order valence-electron chi connectivity index (χ4n) is 2.75. The summed E-state index contributed by atoms with van der Waals surface area (Å²) in [6.07, 6.45) is 2.62. The molecule has 0 saturated heterocycles. The molecule has 0 atom stereocenters. The molecule has 0 aliphatic carbocycles. The van der Waals surface area contributed by atoms with Crippen molar-refractivity contribution in [3.63, 3.8) is 0 Å². The minimum absolute atomic E-state index is 0. The number of benzene rings is 2.